The summed E-state index contributed by atoms with van der Waals surface area (Å²) in [5.74, 6) is -0.806. The van der Waals surface area contributed by atoms with Gasteiger partial charge in [-0.1, -0.05) is 92.5 Å². The SMILES string of the molecule is CC(=O)Nc1ccc(-n2c(C)ccc2-c2cc(Br)ccc2OCc2ccccc2)cc1C(=O)O.COC(=O)c1cc(-n2c(C)ccc2-c2cc(Br)ccc2OCc2ccccc2)ccc1NC(C)=O. The molecule has 0 aliphatic carbocycles. The Bertz CT molecular complexity index is 3170. The van der Waals surface area contributed by atoms with Crippen LogP contribution >= 0.6 is 31.9 Å². The van der Waals surface area contributed by atoms with E-state index >= 15 is 0 Å². The first-order valence-corrected chi connectivity index (χ1v) is 23.2. The zero-order valence-corrected chi connectivity index (χ0v) is 41.6. The number of hydrogen-bond donors (Lipinski definition) is 3. The lowest BCUT2D eigenvalue weighted by molar-refractivity contribution is -0.115. The maximum atomic E-state index is 12.5. The minimum Gasteiger partial charge on any atom is -0.488 e. The number of nitrogens with zero attached hydrogens (tertiary/aromatic N) is 2. The molecular formula is C55H48Br2N4O8. The Hall–Kier alpha value is -7.68. The van der Waals surface area contributed by atoms with Gasteiger partial charge in [-0.3, -0.25) is 9.59 Å². The van der Waals surface area contributed by atoms with Crippen molar-refractivity contribution in [3.8, 4) is 45.4 Å². The molecule has 350 valence electrons. The fourth-order valence-corrected chi connectivity index (χ4v) is 8.43. The number of hydrogen-bond acceptors (Lipinski definition) is 7. The zero-order valence-electron chi connectivity index (χ0n) is 38.4. The lowest BCUT2D eigenvalue weighted by Crippen LogP contribution is -2.13. The van der Waals surface area contributed by atoms with Crippen molar-refractivity contribution in [2.75, 3.05) is 17.7 Å². The minimum atomic E-state index is -1.12. The fraction of sp³-hybridized carbons (Fsp3) is 0.127. The van der Waals surface area contributed by atoms with Crippen LogP contribution in [0.3, 0.4) is 0 Å². The number of aromatic nitrogens is 2. The molecule has 2 amide bonds. The van der Waals surface area contributed by atoms with Crippen LogP contribution in [0.5, 0.6) is 11.5 Å². The molecule has 0 bridgehead atoms. The Labute approximate surface area is 416 Å². The number of rotatable bonds is 14. The van der Waals surface area contributed by atoms with Crippen LogP contribution in [0.1, 0.15) is 57.1 Å². The lowest BCUT2D eigenvalue weighted by atomic mass is 10.1. The van der Waals surface area contributed by atoms with Gasteiger partial charge in [-0.25, -0.2) is 9.59 Å². The van der Waals surface area contributed by atoms with Crippen molar-refractivity contribution in [3.63, 3.8) is 0 Å². The molecule has 0 saturated heterocycles. The molecule has 0 aliphatic rings. The summed E-state index contributed by atoms with van der Waals surface area (Å²) in [6.07, 6.45) is 0. The number of carboxylic acid groups (broad SMARTS) is 1. The molecule has 8 aromatic rings. The van der Waals surface area contributed by atoms with Gasteiger partial charge in [0.15, 0.2) is 0 Å². The van der Waals surface area contributed by atoms with Crippen molar-refractivity contribution in [2.45, 2.75) is 40.9 Å². The number of carbonyl (C=O) groups is 4. The van der Waals surface area contributed by atoms with Gasteiger partial charge in [0.05, 0.1) is 41.0 Å². The number of halogens is 2. The monoisotopic (exact) mass is 1050 g/mol. The highest BCUT2D eigenvalue weighted by molar-refractivity contribution is 9.10. The third kappa shape index (κ3) is 12.1. The van der Waals surface area contributed by atoms with Crippen LogP contribution in [0.15, 0.2) is 167 Å². The third-order valence-corrected chi connectivity index (χ3v) is 11.8. The van der Waals surface area contributed by atoms with Gasteiger partial charge in [-0.2, -0.15) is 0 Å². The second kappa shape index (κ2) is 22.4. The molecule has 0 atom stereocenters. The molecule has 0 radical (unpaired) electrons. The van der Waals surface area contributed by atoms with Gasteiger partial charge in [-0.15, -0.1) is 0 Å². The standard InChI is InChI=1S/C28H25BrN2O4.C27H23BrN2O4/c1-18-9-13-26(24-15-21(29)10-14-27(24)35-17-20-7-5-4-6-8-20)31(18)22-11-12-25(30-19(2)32)23(16-22)28(33)34-3;1-17-8-12-25(30(17)21-10-11-24(29-18(2)31)22(15-21)27(32)33)23-14-20(28)9-13-26(23)34-16-19-6-4-3-5-7-19/h4-16H,17H2,1-3H3,(H,30,32);3-15H,16H2,1-2H3,(H,29,31)(H,32,33). The average Bonchev–Trinajstić information content (AvgIpc) is 3.92. The topological polar surface area (TPSA) is 150 Å². The van der Waals surface area contributed by atoms with Crippen molar-refractivity contribution in [3.05, 3.63) is 200 Å². The van der Waals surface area contributed by atoms with Gasteiger partial charge >= 0.3 is 11.9 Å². The van der Waals surface area contributed by atoms with E-state index in [9.17, 15) is 24.3 Å². The Kier molecular flexibility index (Phi) is 16.0. The maximum absolute atomic E-state index is 12.5. The molecule has 0 saturated carbocycles. The van der Waals surface area contributed by atoms with Gasteiger partial charge in [0.1, 0.15) is 24.7 Å². The van der Waals surface area contributed by atoms with Crippen molar-refractivity contribution >= 4 is 67.0 Å². The number of aryl methyl sites for hydroxylation is 2. The number of carboxylic acids is 1. The molecule has 12 nitrogen and oxygen atoms in total. The Morgan fingerprint density at radius 2 is 0.957 bits per heavy atom. The summed E-state index contributed by atoms with van der Waals surface area (Å²) in [5, 5.41) is 15.0. The van der Waals surface area contributed by atoms with Crippen molar-refractivity contribution in [1.29, 1.82) is 0 Å². The van der Waals surface area contributed by atoms with Gasteiger partial charge in [0.2, 0.25) is 11.8 Å². The Morgan fingerprint density at radius 3 is 1.36 bits per heavy atom. The van der Waals surface area contributed by atoms with E-state index in [0.29, 0.717) is 30.3 Å². The van der Waals surface area contributed by atoms with Gasteiger partial charge in [0, 0.05) is 56.7 Å². The number of carbonyl (C=O) groups excluding carboxylic acids is 3. The van der Waals surface area contributed by atoms with Crippen LogP contribution in [0.4, 0.5) is 11.4 Å². The van der Waals surface area contributed by atoms with E-state index in [1.807, 2.05) is 150 Å². The van der Waals surface area contributed by atoms with Gasteiger partial charge in [-0.05, 0) is 122 Å². The quantitative estimate of drug-likeness (QED) is 0.0911. The highest BCUT2D eigenvalue weighted by Crippen LogP contribution is 2.39. The second-order valence-corrected chi connectivity index (χ2v) is 17.7. The molecule has 8 rings (SSSR count). The van der Waals surface area contributed by atoms with Crippen LogP contribution in [0.2, 0.25) is 0 Å². The summed E-state index contributed by atoms with van der Waals surface area (Å²) in [7, 11) is 1.32. The van der Waals surface area contributed by atoms with E-state index in [1.54, 1.807) is 30.3 Å². The predicted octanol–water partition coefficient (Wildman–Crippen LogP) is 13.0. The number of ether oxygens (including phenoxy) is 3. The summed E-state index contributed by atoms with van der Waals surface area (Å²) in [4.78, 5) is 47.5. The number of methoxy groups -OCH3 is 1. The van der Waals surface area contributed by atoms with E-state index in [1.165, 1.54) is 21.0 Å². The first-order valence-electron chi connectivity index (χ1n) is 21.7. The smallest absolute Gasteiger partial charge is 0.340 e. The number of aromatic carboxylic acids is 1. The first-order chi connectivity index (χ1) is 33.2. The van der Waals surface area contributed by atoms with Crippen molar-refractivity contribution in [1.82, 2.24) is 9.13 Å². The maximum Gasteiger partial charge on any atom is 0.340 e. The van der Waals surface area contributed by atoms with E-state index in [2.05, 4.69) is 42.5 Å². The molecule has 0 unspecified atom stereocenters. The van der Waals surface area contributed by atoms with Crippen LogP contribution in [0, 0.1) is 13.8 Å². The molecular weight excluding hydrogens is 1000 g/mol. The predicted molar refractivity (Wildman–Crippen MR) is 276 cm³/mol. The summed E-state index contributed by atoms with van der Waals surface area (Å²) >= 11 is 7.14. The molecule has 3 N–H and O–H groups in total. The number of benzene rings is 6. The summed E-state index contributed by atoms with van der Waals surface area (Å²) in [5.41, 5.74) is 9.89. The third-order valence-electron chi connectivity index (χ3n) is 10.8. The Morgan fingerprint density at radius 1 is 0.536 bits per heavy atom. The van der Waals surface area contributed by atoms with E-state index in [-0.39, 0.29) is 28.6 Å². The average molecular weight is 1050 g/mol. The summed E-state index contributed by atoms with van der Waals surface area (Å²) in [6, 6.07) is 49.9. The number of amides is 2. The summed E-state index contributed by atoms with van der Waals surface area (Å²) < 4.78 is 23.2. The van der Waals surface area contributed by atoms with Crippen LogP contribution in [-0.2, 0) is 27.5 Å². The molecule has 69 heavy (non-hydrogen) atoms. The second-order valence-electron chi connectivity index (χ2n) is 15.8. The minimum absolute atomic E-state index is 0.0153. The highest BCUT2D eigenvalue weighted by atomic mass is 79.9. The first kappa shape index (κ1) is 49.2. The normalized spacial score (nSPS) is 10.7. The zero-order chi connectivity index (χ0) is 49.2. The van der Waals surface area contributed by atoms with Crippen LogP contribution in [-0.4, -0.2) is 45.1 Å². The largest absolute Gasteiger partial charge is 0.488 e. The molecule has 0 spiro atoms. The molecule has 2 aromatic heterocycles. The molecule has 6 aromatic carbocycles. The number of nitrogens with one attached hydrogen (secondary N) is 2. The number of esters is 1. The van der Waals surface area contributed by atoms with Crippen LogP contribution in [0.25, 0.3) is 33.9 Å². The molecule has 14 heteroatoms. The van der Waals surface area contributed by atoms with Crippen molar-refractivity contribution in [2.24, 2.45) is 0 Å². The number of anilines is 2. The highest BCUT2D eigenvalue weighted by Gasteiger charge is 2.21. The van der Waals surface area contributed by atoms with Gasteiger partial charge in [0.25, 0.3) is 0 Å². The summed E-state index contributed by atoms with van der Waals surface area (Å²) in [6.45, 7) is 7.54. The Balaban J connectivity index is 0.000000204. The van der Waals surface area contributed by atoms with E-state index in [0.717, 1.165) is 65.4 Å². The molecule has 0 fully saturated rings. The van der Waals surface area contributed by atoms with E-state index < -0.39 is 11.9 Å². The van der Waals surface area contributed by atoms with E-state index in [4.69, 9.17) is 14.2 Å². The lowest BCUT2D eigenvalue weighted by Gasteiger charge is -2.18. The van der Waals surface area contributed by atoms with Crippen molar-refractivity contribution < 1.29 is 38.5 Å². The van der Waals surface area contributed by atoms with Gasteiger partial charge < -0.3 is 39.1 Å². The fourth-order valence-electron chi connectivity index (χ4n) is 7.71. The molecule has 2 heterocycles. The molecule has 0 aliphatic heterocycles. The van der Waals surface area contributed by atoms with Crippen LogP contribution < -0.4 is 20.1 Å².